The number of nitrogens with one attached hydrogen (secondary N) is 1. The van der Waals surface area contributed by atoms with Gasteiger partial charge in [-0.25, -0.2) is 0 Å². The van der Waals surface area contributed by atoms with E-state index in [-0.39, 0.29) is 12.5 Å². The summed E-state index contributed by atoms with van der Waals surface area (Å²) in [7, 11) is 1.63. The number of nitrogens with zero attached hydrogens (tertiary/aromatic N) is 1. The number of H-pyrrole nitrogens is 1. The molecule has 0 radical (unpaired) electrons. The number of fused-ring (bicyclic) bond motifs is 2. The van der Waals surface area contributed by atoms with E-state index in [2.05, 4.69) is 4.98 Å². The highest BCUT2D eigenvalue weighted by Gasteiger charge is 2.28. The number of aryl methyl sites for hydroxylation is 1. The van der Waals surface area contributed by atoms with E-state index in [0.717, 1.165) is 45.5 Å². The van der Waals surface area contributed by atoms with E-state index >= 15 is 0 Å². The lowest BCUT2D eigenvalue weighted by Crippen LogP contribution is -2.29. The number of hydrogen-bond acceptors (Lipinski definition) is 3. The number of rotatable bonds is 3. The van der Waals surface area contributed by atoms with Gasteiger partial charge in [0.25, 0.3) is 5.91 Å². The van der Waals surface area contributed by atoms with Crippen LogP contribution in [-0.4, -0.2) is 29.7 Å². The van der Waals surface area contributed by atoms with Gasteiger partial charge in [-0.15, -0.1) is 0 Å². The number of amides is 1. The smallest absolute Gasteiger partial charge is 0.274 e. The Balaban J connectivity index is 1.77. The quantitative estimate of drug-likeness (QED) is 0.772. The number of aromatic nitrogens is 1. The van der Waals surface area contributed by atoms with Crippen LogP contribution in [0.25, 0.3) is 10.9 Å². The first-order chi connectivity index (χ1) is 12.1. The fourth-order valence-electron chi connectivity index (χ4n) is 3.64. The molecule has 25 heavy (non-hydrogen) atoms. The maximum atomic E-state index is 13.1. The van der Waals surface area contributed by atoms with E-state index in [9.17, 15) is 9.90 Å². The van der Waals surface area contributed by atoms with E-state index in [1.54, 1.807) is 12.0 Å². The molecular formula is C20H20N2O3. The Morgan fingerprint density at radius 1 is 1.32 bits per heavy atom. The molecule has 1 aromatic heterocycles. The minimum atomic E-state index is -0.0634. The lowest BCUT2D eigenvalue weighted by molar-refractivity contribution is 0.0985. The lowest BCUT2D eigenvalue weighted by atomic mass is 10.1. The van der Waals surface area contributed by atoms with Gasteiger partial charge in [0.1, 0.15) is 11.4 Å². The number of ether oxygens (including phenoxy) is 1. The number of hydrogen-bond donors (Lipinski definition) is 2. The van der Waals surface area contributed by atoms with Crippen LogP contribution in [0, 0.1) is 6.92 Å². The van der Waals surface area contributed by atoms with E-state index in [4.69, 9.17) is 4.74 Å². The molecule has 4 rings (SSSR count). The van der Waals surface area contributed by atoms with Gasteiger partial charge in [-0.1, -0.05) is 18.2 Å². The molecule has 128 valence electrons. The Morgan fingerprint density at radius 2 is 2.16 bits per heavy atom. The van der Waals surface area contributed by atoms with Gasteiger partial charge in [0, 0.05) is 17.6 Å². The topological polar surface area (TPSA) is 65.6 Å². The monoisotopic (exact) mass is 336 g/mol. The number of carbonyl (C=O) groups is 1. The first-order valence-corrected chi connectivity index (χ1v) is 8.34. The van der Waals surface area contributed by atoms with Gasteiger partial charge in [-0.3, -0.25) is 4.79 Å². The molecule has 2 N–H and O–H groups in total. The van der Waals surface area contributed by atoms with Crippen LogP contribution >= 0.6 is 0 Å². The molecule has 0 fully saturated rings. The van der Waals surface area contributed by atoms with E-state index < -0.39 is 0 Å². The van der Waals surface area contributed by atoms with Crippen LogP contribution in [0.5, 0.6) is 5.75 Å². The van der Waals surface area contributed by atoms with E-state index in [1.807, 2.05) is 43.3 Å². The van der Waals surface area contributed by atoms with E-state index in [1.165, 1.54) is 0 Å². The molecule has 0 spiro atoms. The van der Waals surface area contributed by atoms with Crippen molar-refractivity contribution in [1.82, 2.24) is 4.98 Å². The maximum absolute atomic E-state index is 13.1. The Labute approximate surface area is 145 Å². The minimum absolute atomic E-state index is 0.00597. The van der Waals surface area contributed by atoms with Crippen LogP contribution in [0.15, 0.2) is 36.4 Å². The van der Waals surface area contributed by atoms with Crippen LogP contribution in [0.1, 0.15) is 27.2 Å². The van der Waals surface area contributed by atoms with Gasteiger partial charge in [0.05, 0.1) is 19.2 Å². The molecule has 5 nitrogen and oxygen atoms in total. The van der Waals surface area contributed by atoms with Crippen LogP contribution in [-0.2, 0) is 13.0 Å². The van der Waals surface area contributed by atoms with Crippen LogP contribution in [0.4, 0.5) is 5.69 Å². The average Bonchev–Trinajstić information content (AvgIpc) is 3.26. The van der Waals surface area contributed by atoms with E-state index in [0.29, 0.717) is 12.2 Å². The summed E-state index contributed by atoms with van der Waals surface area (Å²) in [5.74, 6) is 0.687. The molecule has 1 amide bonds. The number of benzene rings is 2. The first-order valence-electron chi connectivity index (χ1n) is 8.34. The third-order valence-electron chi connectivity index (χ3n) is 4.95. The Kier molecular flexibility index (Phi) is 3.73. The van der Waals surface area contributed by atoms with Gasteiger partial charge in [0.2, 0.25) is 0 Å². The predicted molar refractivity (Wildman–Crippen MR) is 97.3 cm³/mol. The molecule has 0 aliphatic carbocycles. The maximum Gasteiger partial charge on any atom is 0.274 e. The molecule has 5 heteroatoms. The summed E-state index contributed by atoms with van der Waals surface area (Å²) in [5.41, 5.74) is 5.37. The lowest BCUT2D eigenvalue weighted by Gasteiger charge is -2.16. The normalized spacial score (nSPS) is 13.3. The SMILES string of the molecule is COc1ccc(C)c2[nH]c(C(=O)N3CCc4c(CO)cccc43)cc12. The van der Waals surface area contributed by atoms with Crippen molar-refractivity contribution in [2.75, 3.05) is 18.6 Å². The molecule has 2 aromatic carbocycles. The molecule has 0 saturated carbocycles. The summed E-state index contributed by atoms with van der Waals surface area (Å²) in [5, 5.41) is 10.4. The highest BCUT2D eigenvalue weighted by atomic mass is 16.5. The molecular weight excluding hydrogens is 316 g/mol. The van der Waals surface area contributed by atoms with Crippen LogP contribution < -0.4 is 9.64 Å². The molecule has 3 aromatic rings. The second-order valence-electron chi connectivity index (χ2n) is 6.34. The number of anilines is 1. The first kappa shape index (κ1) is 15.7. The van der Waals surface area contributed by atoms with Crippen molar-refractivity contribution in [2.24, 2.45) is 0 Å². The zero-order valence-corrected chi connectivity index (χ0v) is 14.3. The standard InChI is InChI=1S/C20H20N2O3/c1-12-6-7-18(25-2)15-10-16(21-19(12)15)20(24)22-9-8-14-13(11-23)4-3-5-17(14)22/h3-7,10,21,23H,8-9,11H2,1-2H3. The fraction of sp³-hybridized carbons (Fsp3) is 0.250. The second-order valence-corrected chi connectivity index (χ2v) is 6.34. The van der Waals surface area contributed by atoms with Gasteiger partial charge in [-0.05, 0) is 48.2 Å². The van der Waals surface area contributed by atoms with Gasteiger partial charge in [-0.2, -0.15) is 0 Å². The minimum Gasteiger partial charge on any atom is -0.496 e. The van der Waals surface area contributed by atoms with Crippen molar-refractivity contribution < 1.29 is 14.6 Å². The summed E-state index contributed by atoms with van der Waals surface area (Å²) in [6.45, 7) is 2.62. The Morgan fingerprint density at radius 3 is 2.92 bits per heavy atom. The highest BCUT2D eigenvalue weighted by Crippen LogP contribution is 2.34. The number of carbonyl (C=O) groups excluding carboxylic acids is 1. The van der Waals surface area contributed by atoms with Crippen LogP contribution in [0.3, 0.4) is 0 Å². The molecule has 1 aliphatic rings. The Hall–Kier alpha value is -2.79. The summed E-state index contributed by atoms with van der Waals surface area (Å²) in [4.78, 5) is 18.1. The molecule has 2 heterocycles. The van der Waals surface area contributed by atoms with Crippen molar-refractivity contribution in [1.29, 1.82) is 0 Å². The van der Waals surface area contributed by atoms with Gasteiger partial charge < -0.3 is 19.7 Å². The summed E-state index contributed by atoms with van der Waals surface area (Å²) in [6.07, 6.45) is 0.764. The van der Waals surface area contributed by atoms with Crippen molar-refractivity contribution in [3.8, 4) is 5.75 Å². The van der Waals surface area contributed by atoms with Crippen molar-refractivity contribution in [3.05, 3.63) is 58.8 Å². The van der Waals surface area contributed by atoms with Crippen molar-refractivity contribution in [2.45, 2.75) is 20.0 Å². The Bertz CT molecular complexity index is 974. The van der Waals surface area contributed by atoms with Gasteiger partial charge >= 0.3 is 0 Å². The van der Waals surface area contributed by atoms with Gasteiger partial charge in [0.15, 0.2) is 0 Å². The summed E-state index contributed by atoms with van der Waals surface area (Å²) >= 11 is 0. The number of aliphatic hydroxyl groups excluding tert-OH is 1. The van der Waals surface area contributed by atoms with Crippen LogP contribution in [0.2, 0.25) is 0 Å². The van der Waals surface area contributed by atoms with Crippen molar-refractivity contribution in [3.63, 3.8) is 0 Å². The third-order valence-corrected chi connectivity index (χ3v) is 4.95. The average molecular weight is 336 g/mol. The summed E-state index contributed by atoms with van der Waals surface area (Å²) < 4.78 is 5.41. The number of aromatic amines is 1. The number of aliphatic hydroxyl groups is 1. The van der Waals surface area contributed by atoms with Crippen molar-refractivity contribution >= 4 is 22.5 Å². The predicted octanol–water partition coefficient (Wildman–Crippen LogP) is 3.18. The molecule has 0 atom stereocenters. The molecule has 0 unspecified atom stereocenters. The zero-order chi connectivity index (χ0) is 17.6. The number of methoxy groups -OCH3 is 1. The fourth-order valence-corrected chi connectivity index (χ4v) is 3.64. The zero-order valence-electron chi connectivity index (χ0n) is 14.3. The third kappa shape index (κ3) is 2.39. The molecule has 0 saturated heterocycles. The molecule has 0 bridgehead atoms. The highest BCUT2D eigenvalue weighted by molar-refractivity contribution is 6.09. The summed E-state index contributed by atoms with van der Waals surface area (Å²) in [6, 6.07) is 11.5. The largest absolute Gasteiger partial charge is 0.496 e. The molecule has 1 aliphatic heterocycles. The second kappa shape index (κ2) is 5.93.